The molecule has 0 bridgehead atoms. The molecule has 0 saturated carbocycles. The fourth-order valence-corrected chi connectivity index (χ4v) is 5.69. The molecule has 2 aliphatic heterocycles. The average Bonchev–Trinajstić information content (AvgIpc) is 2.85. The van der Waals surface area contributed by atoms with Gasteiger partial charge in [0.1, 0.15) is 11.6 Å². The second-order valence-electron chi connectivity index (χ2n) is 9.95. The van der Waals surface area contributed by atoms with Gasteiger partial charge in [-0.05, 0) is 62.5 Å². The Hall–Kier alpha value is -1.95. The molecule has 0 radical (unpaired) electrons. The number of hydrogen-bond donors (Lipinski definition) is 0. The van der Waals surface area contributed by atoms with Crippen LogP contribution in [0.1, 0.15) is 55.7 Å². The number of allylic oxidation sites excluding steroid dienone is 1. The van der Waals surface area contributed by atoms with Crippen molar-refractivity contribution in [3.05, 3.63) is 70.6 Å². The summed E-state index contributed by atoms with van der Waals surface area (Å²) < 4.78 is 14.3. The molecule has 0 spiro atoms. The Labute approximate surface area is 209 Å². The van der Waals surface area contributed by atoms with Gasteiger partial charge in [0, 0.05) is 55.9 Å². The van der Waals surface area contributed by atoms with Gasteiger partial charge in [-0.15, -0.1) is 6.58 Å². The fourth-order valence-electron chi connectivity index (χ4n) is 5.40. The molecule has 1 aromatic heterocycles. The number of nitrogens with zero attached hydrogens (tertiary/aromatic N) is 4. The summed E-state index contributed by atoms with van der Waals surface area (Å²) in [6.07, 6.45) is 7.23. The fraction of sp³-hybridized carbons (Fsp3) is 0.536. The number of rotatable bonds is 7. The molecule has 6 heteroatoms. The van der Waals surface area contributed by atoms with Crippen molar-refractivity contribution in [3.8, 4) is 0 Å². The minimum atomic E-state index is -0.0801. The van der Waals surface area contributed by atoms with Crippen molar-refractivity contribution in [1.29, 1.82) is 0 Å². The Balaban J connectivity index is 1.34. The third kappa shape index (κ3) is 5.64. The number of hydrogen-bond acceptors (Lipinski definition) is 4. The van der Waals surface area contributed by atoms with Crippen LogP contribution in [0.25, 0.3) is 0 Å². The quantitative estimate of drug-likeness (QED) is 0.447. The molecule has 2 saturated heterocycles. The molecule has 2 aliphatic rings. The molecule has 4 rings (SSSR count). The van der Waals surface area contributed by atoms with Crippen molar-refractivity contribution >= 4 is 17.4 Å². The lowest BCUT2D eigenvalue weighted by atomic mass is 9.97. The zero-order chi connectivity index (χ0) is 24.2. The molecule has 3 heterocycles. The standard InChI is InChI=1S/C28H38ClFN4/c1-5-21(4)23-16-26(29)28(31-17-23)33-13-14-34(24(6-2)19-33)25-9-11-32(12-10-25)18-22-8-7-20(3)15-27(22)30/h5,7-8,15-17,21,24-25H,1,6,9-14,18-19H2,2-4H3. The molecular formula is C28H38ClFN4. The molecular weight excluding hydrogens is 447 g/mol. The van der Waals surface area contributed by atoms with E-state index in [1.54, 1.807) is 6.07 Å². The number of likely N-dealkylation sites (tertiary alicyclic amines) is 1. The number of pyridine rings is 1. The van der Waals surface area contributed by atoms with Crippen LogP contribution in [0.4, 0.5) is 10.2 Å². The molecule has 0 amide bonds. The number of piperidine rings is 1. The molecule has 2 unspecified atom stereocenters. The minimum Gasteiger partial charge on any atom is -0.353 e. The zero-order valence-corrected chi connectivity index (χ0v) is 21.6. The largest absolute Gasteiger partial charge is 0.353 e. The first-order chi connectivity index (χ1) is 16.4. The maximum absolute atomic E-state index is 14.3. The zero-order valence-electron chi connectivity index (χ0n) is 20.8. The molecule has 0 N–H and O–H groups in total. The molecule has 2 atom stereocenters. The predicted octanol–water partition coefficient (Wildman–Crippen LogP) is 6.04. The van der Waals surface area contributed by atoms with Crippen molar-refractivity contribution in [3.63, 3.8) is 0 Å². The van der Waals surface area contributed by atoms with Crippen LogP contribution in [0.2, 0.25) is 5.02 Å². The van der Waals surface area contributed by atoms with Crippen molar-refractivity contribution in [1.82, 2.24) is 14.8 Å². The van der Waals surface area contributed by atoms with Gasteiger partial charge in [0.25, 0.3) is 0 Å². The minimum absolute atomic E-state index is 0.0801. The summed E-state index contributed by atoms with van der Waals surface area (Å²) in [7, 11) is 0. The van der Waals surface area contributed by atoms with Crippen LogP contribution in [-0.2, 0) is 6.54 Å². The van der Waals surface area contributed by atoms with Crippen LogP contribution < -0.4 is 4.90 Å². The van der Waals surface area contributed by atoms with Gasteiger partial charge < -0.3 is 4.90 Å². The smallest absolute Gasteiger partial charge is 0.147 e. The first-order valence-electron chi connectivity index (χ1n) is 12.7. The van der Waals surface area contributed by atoms with E-state index in [1.807, 2.05) is 37.4 Å². The van der Waals surface area contributed by atoms with E-state index in [2.05, 4.69) is 35.1 Å². The Bertz CT molecular complexity index is 988. The number of benzene rings is 1. The van der Waals surface area contributed by atoms with Crippen molar-refractivity contribution in [2.24, 2.45) is 0 Å². The lowest BCUT2D eigenvalue weighted by Gasteiger charge is -2.47. The van der Waals surface area contributed by atoms with Gasteiger partial charge in [0.05, 0.1) is 5.02 Å². The molecule has 184 valence electrons. The first kappa shape index (κ1) is 25.2. The van der Waals surface area contributed by atoms with E-state index < -0.39 is 0 Å². The molecule has 2 aromatic rings. The number of aromatic nitrogens is 1. The van der Waals surface area contributed by atoms with Gasteiger partial charge in [-0.3, -0.25) is 9.80 Å². The van der Waals surface area contributed by atoms with E-state index in [0.717, 1.165) is 79.5 Å². The van der Waals surface area contributed by atoms with E-state index in [4.69, 9.17) is 16.6 Å². The predicted molar refractivity (Wildman–Crippen MR) is 140 cm³/mol. The van der Waals surface area contributed by atoms with E-state index >= 15 is 0 Å². The Morgan fingerprint density at radius 1 is 1.21 bits per heavy atom. The highest BCUT2D eigenvalue weighted by Gasteiger charge is 2.34. The third-order valence-electron chi connectivity index (χ3n) is 7.65. The van der Waals surface area contributed by atoms with Gasteiger partial charge in [-0.25, -0.2) is 9.37 Å². The van der Waals surface area contributed by atoms with Crippen molar-refractivity contribution < 1.29 is 4.39 Å². The van der Waals surface area contributed by atoms with Crippen LogP contribution in [-0.4, -0.2) is 59.6 Å². The monoisotopic (exact) mass is 484 g/mol. The van der Waals surface area contributed by atoms with Crippen LogP contribution in [0.15, 0.2) is 43.1 Å². The maximum atomic E-state index is 14.3. The van der Waals surface area contributed by atoms with Gasteiger partial charge in [0.2, 0.25) is 0 Å². The molecule has 1 aromatic carbocycles. The summed E-state index contributed by atoms with van der Waals surface area (Å²) in [5, 5.41) is 0.728. The Morgan fingerprint density at radius 3 is 2.62 bits per heavy atom. The maximum Gasteiger partial charge on any atom is 0.147 e. The number of halogens is 2. The first-order valence-corrected chi connectivity index (χ1v) is 13.0. The Morgan fingerprint density at radius 2 is 1.97 bits per heavy atom. The van der Waals surface area contributed by atoms with E-state index in [-0.39, 0.29) is 11.7 Å². The van der Waals surface area contributed by atoms with Crippen LogP contribution in [0, 0.1) is 12.7 Å². The second kappa shape index (κ2) is 11.2. The molecule has 2 fully saturated rings. The summed E-state index contributed by atoms with van der Waals surface area (Å²) in [4.78, 5) is 12.2. The van der Waals surface area contributed by atoms with Gasteiger partial charge in [-0.1, -0.05) is 43.7 Å². The van der Waals surface area contributed by atoms with Crippen molar-refractivity contribution in [2.45, 2.75) is 64.6 Å². The Kier molecular flexibility index (Phi) is 8.28. The van der Waals surface area contributed by atoms with Crippen LogP contribution in [0.5, 0.6) is 0 Å². The highest BCUT2D eigenvalue weighted by atomic mass is 35.5. The normalized spacial score (nSPS) is 21.6. The van der Waals surface area contributed by atoms with Crippen molar-refractivity contribution in [2.75, 3.05) is 37.6 Å². The summed E-state index contributed by atoms with van der Waals surface area (Å²) in [6, 6.07) is 8.70. The third-order valence-corrected chi connectivity index (χ3v) is 7.93. The topological polar surface area (TPSA) is 22.6 Å². The lowest BCUT2D eigenvalue weighted by molar-refractivity contribution is 0.0607. The SMILES string of the molecule is C=CC(C)c1cnc(N2CCN(C3CCN(Cc4ccc(C)cc4F)CC3)C(CC)C2)c(Cl)c1. The van der Waals surface area contributed by atoms with Gasteiger partial charge in [-0.2, -0.15) is 0 Å². The van der Waals surface area contributed by atoms with E-state index in [9.17, 15) is 4.39 Å². The lowest BCUT2D eigenvalue weighted by Crippen LogP contribution is -2.58. The number of aryl methyl sites for hydroxylation is 1. The average molecular weight is 485 g/mol. The highest BCUT2D eigenvalue weighted by Crippen LogP contribution is 2.31. The molecule has 4 nitrogen and oxygen atoms in total. The van der Waals surface area contributed by atoms with Crippen LogP contribution >= 0.6 is 11.6 Å². The van der Waals surface area contributed by atoms with Crippen LogP contribution in [0.3, 0.4) is 0 Å². The summed E-state index contributed by atoms with van der Waals surface area (Å²) in [5.74, 6) is 1.06. The molecule has 0 aliphatic carbocycles. The summed E-state index contributed by atoms with van der Waals surface area (Å²) >= 11 is 6.66. The number of piperazine rings is 1. The number of anilines is 1. The van der Waals surface area contributed by atoms with Gasteiger partial charge in [0.15, 0.2) is 0 Å². The second-order valence-corrected chi connectivity index (χ2v) is 10.4. The van der Waals surface area contributed by atoms with E-state index in [1.165, 1.54) is 0 Å². The summed E-state index contributed by atoms with van der Waals surface area (Å²) in [6.45, 7) is 15.9. The van der Waals surface area contributed by atoms with E-state index in [0.29, 0.717) is 18.6 Å². The summed E-state index contributed by atoms with van der Waals surface area (Å²) in [5.41, 5.74) is 2.89. The van der Waals surface area contributed by atoms with Gasteiger partial charge >= 0.3 is 0 Å². The highest BCUT2D eigenvalue weighted by molar-refractivity contribution is 6.33. The molecule has 34 heavy (non-hydrogen) atoms.